The van der Waals surface area contributed by atoms with Gasteiger partial charge >= 0.3 is 5.97 Å². The van der Waals surface area contributed by atoms with Crippen molar-refractivity contribution in [3.05, 3.63) is 65.2 Å². The Balaban J connectivity index is 1.47. The van der Waals surface area contributed by atoms with Crippen LogP contribution in [0, 0.1) is 0 Å². The molecule has 2 aromatic carbocycles. The van der Waals surface area contributed by atoms with Gasteiger partial charge in [0, 0.05) is 31.3 Å². The lowest BCUT2D eigenvalue weighted by atomic mass is 10.1. The number of carbonyl (C=O) groups excluding carboxylic acids is 3. The highest BCUT2D eigenvalue weighted by Gasteiger charge is 2.19. The maximum absolute atomic E-state index is 12.3. The summed E-state index contributed by atoms with van der Waals surface area (Å²) in [6.45, 7) is 3.26. The molecule has 2 amide bonds. The number of anilines is 1. The molecule has 1 aliphatic rings. The van der Waals surface area contributed by atoms with Crippen molar-refractivity contribution >= 4 is 23.5 Å². The van der Waals surface area contributed by atoms with Gasteiger partial charge in [-0.25, -0.2) is 0 Å². The van der Waals surface area contributed by atoms with E-state index in [9.17, 15) is 14.4 Å². The zero-order chi connectivity index (χ0) is 19.9. The van der Waals surface area contributed by atoms with Gasteiger partial charge in [0.1, 0.15) is 6.61 Å². The number of esters is 1. The molecule has 1 heterocycles. The van der Waals surface area contributed by atoms with Crippen LogP contribution in [0.3, 0.4) is 0 Å². The molecule has 146 valence electrons. The molecule has 0 unspecified atom stereocenters. The Morgan fingerprint density at radius 2 is 1.54 bits per heavy atom. The Morgan fingerprint density at radius 3 is 2.14 bits per heavy atom. The molecule has 1 saturated heterocycles. The van der Waals surface area contributed by atoms with E-state index in [4.69, 9.17) is 4.74 Å². The summed E-state index contributed by atoms with van der Waals surface area (Å²) in [5.74, 6) is -0.409. The molecule has 0 bridgehead atoms. The Bertz CT molecular complexity index is 838. The number of hydrogen-bond donors (Lipinski definition) is 1. The molecular weight excluding hydrogens is 356 g/mol. The van der Waals surface area contributed by atoms with Gasteiger partial charge < -0.3 is 15.0 Å². The van der Waals surface area contributed by atoms with Gasteiger partial charge in [-0.05, 0) is 48.2 Å². The molecule has 0 spiro atoms. The predicted octanol–water partition coefficient (Wildman–Crippen LogP) is 3.17. The summed E-state index contributed by atoms with van der Waals surface area (Å²) in [4.78, 5) is 37.3. The van der Waals surface area contributed by atoms with Crippen LogP contribution in [0.4, 0.5) is 5.69 Å². The number of likely N-dealkylation sites (tertiary alicyclic amines) is 1. The molecule has 1 fully saturated rings. The number of nitrogens with zero attached hydrogens (tertiary/aromatic N) is 1. The van der Waals surface area contributed by atoms with Crippen LogP contribution in [0.5, 0.6) is 0 Å². The van der Waals surface area contributed by atoms with E-state index in [0.29, 0.717) is 11.3 Å². The Morgan fingerprint density at radius 1 is 0.929 bits per heavy atom. The number of benzene rings is 2. The lowest BCUT2D eigenvalue weighted by Crippen LogP contribution is -2.27. The van der Waals surface area contributed by atoms with E-state index in [1.54, 1.807) is 36.4 Å². The van der Waals surface area contributed by atoms with Gasteiger partial charge in [-0.15, -0.1) is 0 Å². The van der Waals surface area contributed by atoms with Crippen molar-refractivity contribution in [3.8, 4) is 0 Å². The normalized spacial score (nSPS) is 13.2. The minimum Gasteiger partial charge on any atom is -0.461 e. The molecule has 1 aliphatic heterocycles. The number of ether oxygens (including phenoxy) is 1. The van der Waals surface area contributed by atoms with Gasteiger partial charge in [0.25, 0.3) is 5.91 Å². The van der Waals surface area contributed by atoms with Crippen molar-refractivity contribution in [1.29, 1.82) is 0 Å². The lowest BCUT2D eigenvalue weighted by molar-refractivity contribution is -0.144. The first kappa shape index (κ1) is 19.6. The van der Waals surface area contributed by atoms with Gasteiger partial charge in [0.05, 0.1) is 6.42 Å². The summed E-state index contributed by atoms with van der Waals surface area (Å²) < 4.78 is 5.32. The molecule has 6 nitrogen and oxygen atoms in total. The Kier molecular flexibility index (Phi) is 6.42. The van der Waals surface area contributed by atoms with E-state index < -0.39 is 0 Å². The van der Waals surface area contributed by atoms with Crippen molar-refractivity contribution < 1.29 is 19.1 Å². The fraction of sp³-hybridized carbons (Fsp3) is 0.318. The quantitative estimate of drug-likeness (QED) is 0.781. The van der Waals surface area contributed by atoms with Crippen LogP contribution in [0.1, 0.15) is 41.3 Å². The molecule has 0 aliphatic carbocycles. The van der Waals surface area contributed by atoms with Crippen LogP contribution in [-0.4, -0.2) is 35.8 Å². The van der Waals surface area contributed by atoms with Crippen LogP contribution in [-0.2, 0) is 27.4 Å². The average molecular weight is 380 g/mol. The summed E-state index contributed by atoms with van der Waals surface area (Å²) >= 11 is 0. The van der Waals surface area contributed by atoms with Gasteiger partial charge in [-0.3, -0.25) is 14.4 Å². The predicted molar refractivity (Wildman–Crippen MR) is 106 cm³/mol. The third kappa shape index (κ3) is 5.42. The van der Waals surface area contributed by atoms with E-state index in [1.165, 1.54) is 6.92 Å². The summed E-state index contributed by atoms with van der Waals surface area (Å²) in [5.41, 5.74) is 3.00. The van der Waals surface area contributed by atoms with Crippen LogP contribution in [0.2, 0.25) is 0 Å². The number of rotatable bonds is 6. The standard InChI is InChI=1S/C22H24N2O4/c1-16(25)23-20-10-6-17(7-11-20)14-21(26)28-15-18-4-8-19(9-5-18)22(27)24-12-2-3-13-24/h4-11H,2-3,12-15H2,1H3,(H,23,25). The molecule has 2 aromatic rings. The molecule has 0 saturated carbocycles. The number of amides is 2. The zero-order valence-corrected chi connectivity index (χ0v) is 15.9. The molecular formula is C22H24N2O4. The second kappa shape index (κ2) is 9.17. The van der Waals surface area contributed by atoms with Crippen molar-refractivity contribution in [1.82, 2.24) is 4.90 Å². The minimum absolute atomic E-state index is 0.0590. The third-order valence-electron chi connectivity index (χ3n) is 4.62. The summed E-state index contributed by atoms with van der Waals surface area (Å²) in [6.07, 6.45) is 2.29. The maximum Gasteiger partial charge on any atom is 0.310 e. The van der Waals surface area contributed by atoms with Gasteiger partial charge in [0.2, 0.25) is 5.91 Å². The molecule has 0 radical (unpaired) electrons. The zero-order valence-electron chi connectivity index (χ0n) is 15.9. The topological polar surface area (TPSA) is 75.7 Å². The molecule has 0 aromatic heterocycles. The van der Waals surface area contributed by atoms with Gasteiger partial charge in [0.15, 0.2) is 0 Å². The average Bonchev–Trinajstić information content (AvgIpc) is 3.22. The summed E-state index contributed by atoms with van der Waals surface area (Å²) in [6, 6.07) is 14.3. The Hall–Kier alpha value is -3.15. The molecule has 1 N–H and O–H groups in total. The van der Waals surface area contributed by atoms with Crippen LogP contribution in [0.15, 0.2) is 48.5 Å². The molecule has 28 heavy (non-hydrogen) atoms. The highest BCUT2D eigenvalue weighted by atomic mass is 16.5. The molecule has 6 heteroatoms. The largest absolute Gasteiger partial charge is 0.461 e. The summed E-state index contributed by atoms with van der Waals surface area (Å²) in [5, 5.41) is 2.68. The first-order valence-electron chi connectivity index (χ1n) is 9.41. The van der Waals surface area contributed by atoms with Crippen molar-refractivity contribution in [3.63, 3.8) is 0 Å². The van der Waals surface area contributed by atoms with Gasteiger partial charge in [-0.2, -0.15) is 0 Å². The fourth-order valence-corrected chi connectivity index (χ4v) is 3.14. The molecule has 3 rings (SSSR count). The third-order valence-corrected chi connectivity index (χ3v) is 4.62. The maximum atomic E-state index is 12.3. The Labute approximate surface area is 164 Å². The van der Waals surface area contributed by atoms with Crippen LogP contribution < -0.4 is 5.32 Å². The van der Waals surface area contributed by atoms with Crippen LogP contribution >= 0.6 is 0 Å². The molecule has 0 atom stereocenters. The van der Waals surface area contributed by atoms with E-state index in [2.05, 4.69) is 5.32 Å². The highest BCUT2D eigenvalue weighted by molar-refractivity contribution is 5.94. The van der Waals surface area contributed by atoms with E-state index in [0.717, 1.165) is 37.1 Å². The van der Waals surface area contributed by atoms with E-state index >= 15 is 0 Å². The monoisotopic (exact) mass is 380 g/mol. The smallest absolute Gasteiger partial charge is 0.310 e. The first-order valence-corrected chi connectivity index (χ1v) is 9.41. The second-order valence-corrected chi connectivity index (χ2v) is 6.91. The fourth-order valence-electron chi connectivity index (χ4n) is 3.14. The first-order chi connectivity index (χ1) is 13.5. The lowest BCUT2D eigenvalue weighted by Gasteiger charge is -2.15. The second-order valence-electron chi connectivity index (χ2n) is 6.91. The van der Waals surface area contributed by atoms with Crippen molar-refractivity contribution in [2.45, 2.75) is 32.8 Å². The number of hydrogen-bond acceptors (Lipinski definition) is 4. The van der Waals surface area contributed by atoms with E-state index in [1.807, 2.05) is 17.0 Å². The summed E-state index contributed by atoms with van der Waals surface area (Å²) in [7, 11) is 0. The SMILES string of the molecule is CC(=O)Nc1ccc(CC(=O)OCc2ccc(C(=O)N3CCCC3)cc2)cc1. The number of carbonyl (C=O) groups is 3. The van der Waals surface area contributed by atoms with Crippen molar-refractivity contribution in [2.75, 3.05) is 18.4 Å². The highest BCUT2D eigenvalue weighted by Crippen LogP contribution is 2.15. The van der Waals surface area contributed by atoms with Crippen LogP contribution in [0.25, 0.3) is 0 Å². The van der Waals surface area contributed by atoms with Gasteiger partial charge in [-0.1, -0.05) is 24.3 Å². The van der Waals surface area contributed by atoms with Crippen molar-refractivity contribution in [2.24, 2.45) is 0 Å². The van der Waals surface area contributed by atoms with E-state index in [-0.39, 0.29) is 30.8 Å². The number of nitrogens with one attached hydrogen (secondary N) is 1. The minimum atomic E-state index is -0.329.